The van der Waals surface area contributed by atoms with Crippen LogP contribution in [-0.2, 0) is 4.79 Å². The van der Waals surface area contributed by atoms with E-state index in [-0.39, 0.29) is 11.8 Å². The van der Waals surface area contributed by atoms with E-state index in [9.17, 15) is 4.79 Å². The van der Waals surface area contributed by atoms with Gasteiger partial charge in [0.2, 0.25) is 5.91 Å². The Kier molecular flexibility index (Phi) is 5.44. The standard InChI is InChI=1S/C23H28N2O2/c1-27-20-13-11-17(12-14-20)21-9-2-3-10-22(21)24-23(26)18-6-5-15-25(16-18)19-7-4-8-19/h2-3,9-14,18-19H,4-8,15-16H2,1H3,(H,24,26). The van der Waals surface area contributed by atoms with Gasteiger partial charge in [-0.3, -0.25) is 9.69 Å². The predicted octanol–water partition coefficient (Wildman–Crippen LogP) is 4.57. The summed E-state index contributed by atoms with van der Waals surface area (Å²) in [6.45, 7) is 2.05. The zero-order valence-electron chi connectivity index (χ0n) is 16.0. The van der Waals surface area contributed by atoms with Crippen molar-refractivity contribution in [1.82, 2.24) is 4.90 Å². The molecule has 1 atom stereocenters. The Hall–Kier alpha value is -2.33. The van der Waals surface area contributed by atoms with E-state index >= 15 is 0 Å². The number of hydrogen-bond donors (Lipinski definition) is 1. The van der Waals surface area contributed by atoms with Gasteiger partial charge in [-0.1, -0.05) is 36.8 Å². The van der Waals surface area contributed by atoms with Crippen molar-refractivity contribution in [3.8, 4) is 16.9 Å². The molecule has 1 N–H and O–H groups in total. The molecule has 1 unspecified atom stereocenters. The molecule has 2 aromatic carbocycles. The first kappa shape index (κ1) is 18.1. The summed E-state index contributed by atoms with van der Waals surface area (Å²) in [5.74, 6) is 1.07. The number of likely N-dealkylation sites (tertiary alicyclic amines) is 1. The van der Waals surface area contributed by atoms with E-state index in [0.717, 1.165) is 48.5 Å². The fourth-order valence-corrected chi connectivity index (χ4v) is 4.15. The van der Waals surface area contributed by atoms with Crippen LogP contribution in [0.4, 0.5) is 5.69 Å². The van der Waals surface area contributed by atoms with Gasteiger partial charge in [0.15, 0.2) is 0 Å². The van der Waals surface area contributed by atoms with Gasteiger partial charge in [0.1, 0.15) is 5.75 Å². The molecule has 2 fully saturated rings. The van der Waals surface area contributed by atoms with Crippen molar-refractivity contribution < 1.29 is 9.53 Å². The molecule has 1 saturated heterocycles. The Bertz CT molecular complexity index is 783. The maximum Gasteiger partial charge on any atom is 0.228 e. The van der Waals surface area contributed by atoms with E-state index in [1.165, 1.54) is 19.3 Å². The average Bonchev–Trinajstić information content (AvgIpc) is 2.67. The molecule has 27 heavy (non-hydrogen) atoms. The number of rotatable bonds is 5. The Balaban J connectivity index is 1.47. The second kappa shape index (κ2) is 8.13. The van der Waals surface area contributed by atoms with Crippen LogP contribution in [0.25, 0.3) is 11.1 Å². The van der Waals surface area contributed by atoms with Crippen molar-refractivity contribution in [2.75, 3.05) is 25.5 Å². The van der Waals surface area contributed by atoms with Gasteiger partial charge < -0.3 is 10.1 Å². The third kappa shape index (κ3) is 4.01. The summed E-state index contributed by atoms with van der Waals surface area (Å²) in [5.41, 5.74) is 3.00. The summed E-state index contributed by atoms with van der Waals surface area (Å²) in [7, 11) is 1.67. The Morgan fingerprint density at radius 3 is 2.52 bits per heavy atom. The highest BCUT2D eigenvalue weighted by atomic mass is 16.5. The Labute approximate surface area is 161 Å². The van der Waals surface area contributed by atoms with Gasteiger partial charge >= 0.3 is 0 Å². The van der Waals surface area contributed by atoms with Crippen molar-refractivity contribution in [2.24, 2.45) is 5.92 Å². The minimum atomic E-state index is 0.0864. The molecule has 4 nitrogen and oxygen atoms in total. The fraction of sp³-hybridized carbons (Fsp3) is 0.435. The smallest absolute Gasteiger partial charge is 0.228 e. The maximum atomic E-state index is 13.0. The highest BCUT2D eigenvalue weighted by Crippen LogP contribution is 2.32. The number of amides is 1. The van der Waals surface area contributed by atoms with Crippen LogP contribution >= 0.6 is 0 Å². The third-order valence-electron chi connectivity index (χ3n) is 6.00. The largest absolute Gasteiger partial charge is 0.497 e. The average molecular weight is 364 g/mol. The highest BCUT2D eigenvalue weighted by molar-refractivity contribution is 5.97. The molecule has 4 rings (SSSR count). The molecule has 0 aromatic heterocycles. The van der Waals surface area contributed by atoms with Gasteiger partial charge in [-0.25, -0.2) is 0 Å². The lowest BCUT2D eigenvalue weighted by Gasteiger charge is -2.42. The number of carbonyl (C=O) groups excluding carboxylic acids is 1. The van der Waals surface area contributed by atoms with Crippen LogP contribution in [0.5, 0.6) is 5.75 Å². The van der Waals surface area contributed by atoms with Crippen LogP contribution in [-0.4, -0.2) is 37.0 Å². The summed E-state index contributed by atoms with van der Waals surface area (Å²) in [6, 6.07) is 16.7. The lowest BCUT2D eigenvalue weighted by atomic mass is 9.87. The number of ether oxygens (including phenoxy) is 1. The number of para-hydroxylation sites is 1. The van der Waals surface area contributed by atoms with Crippen molar-refractivity contribution in [3.05, 3.63) is 48.5 Å². The van der Waals surface area contributed by atoms with E-state index in [4.69, 9.17) is 4.74 Å². The number of nitrogens with zero attached hydrogens (tertiary/aromatic N) is 1. The topological polar surface area (TPSA) is 41.6 Å². The number of anilines is 1. The van der Waals surface area contributed by atoms with E-state index in [0.29, 0.717) is 6.04 Å². The van der Waals surface area contributed by atoms with E-state index < -0.39 is 0 Å². The summed E-state index contributed by atoms with van der Waals surface area (Å²) >= 11 is 0. The Morgan fingerprint density at radius 1 is 1.04 bits per heavy atom. The summed E-state index contributed by atoms with van der Waals surface area (Å²) in [6.07, 6.45) is 6.05. The molecule has 2 aliphatic rings. The quantitative estimate of drug-likeness (QED) is 0.845. The molecule has 1 amide bonds. The molecular formula is C23H28N2O2. The molecule has 0 bridgehead atoms. The van der Waals surface area contributed by atoms with Gasteiger partial charge in [-0.2, -0.15) is 0 Å². The number of carbonyl (C=O) groups is 1. The molecule has 0 spiro atoms. The SMILES string of the molecule is COc1ccc(-c2ccccc2NC(=O)C2CCCN(C3CCC3)C2)cc1. The van der Waals surface area contributed by atoms with Crippen LogP contribution < -0.4 is 10.1 Å². The lowest BCUT2D eigenvalue weighted by Crippen LogP contribution is -2.48. The van der Waals surface area contributed by atoms with E-state index in [2.05, 4.69) is 16.3 Å². The van der Waals surface area contributed by atoms with Crippen molar-refractivity contribution >= 4 is 11.6 Å². The van der Waals surface area contributed by atoms with Gasteiger partial charge in [0, 0.05) is 23.8 Å². The molecule has 1 saturated carbocycles. The zero-order valence-corrected chi connectivity index (χ0v) is 16.0. The van der Waals surface area contributed by atoms with Gasteiger partial charge in [0.05, 0.1) is 13.0 Å². The summed E-state index contributed by atoms with van der Waals surface area (Å²) in [5, 5.41) is 3.21. The number of benzene rings is 2. The van der Waals surface area contributed by atoms with E-state index in [1.54, 1.807) is 7.11 Å². The van der Waals surface area contributed by atoms with Gasteiger partial charge in [-0.15, -0.1) is 0 Å². The molecule has 2 aromatic rings. The zero-order chi connectivity index (χ0) is 18.6. The molecule has 1 heterocycles. The monoisotopic (exact) mass is 364 g/mol. The molecule has 0 radical (unpaired) electrons. The molecule has 1 aliphatic heterocycles. The van der Waals surface area contributed by atoms with Crippen LogP contribution in [0.1, 0.15) is 32.1 Å². The van der Waals surface area contributed by atoms with Crippen LogP contribution in [0.3, 0.4) is 0 Å². The first-order chi connectivity index (χ1) is 13.2. The molecular weight excluding hydrogens is 336 g/mol. The van der Waals surface area contributed by atoms with Crippen molar-refractivity contribution in [1.29, 1.82) is 0 Å². The summed E-state index contributed by atoms with van der Waals surface area (Å²) in [4.78, 5) is 15.5. The van der Waals surface area contributed by atoms with Crippen molar-refractivity contribution in [2.45, 2.75) is 38.1 Å². The number of nitrogens with one attached hydrogen (secondary N) is 1. The fourth-order valence-electron chi connectivity index (χ4n) is 4.15. The van der Waals surface area contributed by atoms with Crippen molar-refractivity contribution in [3.63, 3.8) is 0 Å². The minimum absolute atomic E-state index is 0.0864. The number of methoxy groups -OCH3 is 1. The lowest BCUT2D eigenvalue weighted by molar-refractivity contribution is -0.122. The second-order valence-electron chi connectivity index (χ2n) is 7.68. The van der Waals surface area contributed by atoms with Crippen LogP contribution in [0.15, 0.2) is 48.5 Å². The predicted molar refractivity (Wildman–Crippen MR) is 109 cm³/mol. The first-order valence-electron chi connectivity index (χ1n) is 10.0. The maximum absolute atomic E-state index is 13.0. The van der Waals surface area contributed by atoms with Crippen LogP contribution in [0, 0.1) is 5.92 Å². The molecule has 1 aliphatic carbocycles. The normalized spacial score (nSPS) is 20.7. The Morgan fingerprint density at radius 2 is 1.81 bits per heavy atom. The molecule has 142 valence electrons. The number of piperidine rings is 1. The first-order valence-corrected chi connectivity index (χ1v) is 10.0. The number of hydrogen-bond acceptors (Lipinski definition) is 3. The third-order valence-corrected chi connectivity index (χ3v) is 6.00. The van der Waals surface area contributed by atoms with Crippen LogP contribution in [0.2, 0.25) is 0 Å². The highest BCUT2D eigenvalue weighted by Gasteiger charge is 2.32. The van der Waals surface area contributed by atoms with E-state index in [1.807, 2.05) is 42.5 Å². The van der Waals surface area contributed by atoms with Gasteiger partial charge in [-0.05, 0) is 56.0 Å². The second-order valence-corrected chi connectivity index (χ2v) is 7.68. The minimum Gasteiger partial charge on any atom is -0.497 e. The summed E-state index contributed by atoms with van der Waals surface area (Å²) < 4.78 is 5.25. The molecule has 4 heteroatoms. The van der Waals surface area contributed by atoms with Gasteiger partial charge in [0.25, 0.3) is 0 Å².